The van der Waals surface area contributed by atoms with Crippen LogP contribution < -0.4 is 0 Å². The largest absolute Gasteiger partial charge is 0.458 e. The molecule has 2 atom stereocenters. The van der Waals surface area contributed by atoms with Gasteiger partial charge in [0.25, 0.3) is 11.4 Å². The van der Waals surface area contributed by atoms with Gasteiger partial charge in [0, 0.05) is 36.8 Å². The van der Waals surface area contributed by atoms with E-state index < -0.39 is 16.0 Å². The molecule has 0 spiro atoms. The summed E-state index contributed by atoms with van der Waals surface area (Å²) in [5.41, 5.74) is 3.68. The Morgan fingerprint density at radius 3 is 2.00 bits per heavy atom. The Bertz CT molecular complexity index is 1010. The van der Waals surface area contributed by atoms with Gasteiger partial charge >= 0.3 is 5.97 Å². The van der Waals surface area contributed by atoms with Crippen LogP contribution in [-0.4, -0.2) is 20.9 Å². The second-order valence-corrected chi connectivity index (χ2v) is 7.68. The van der Waals surface area contributed by atoms with Crippen molar-refractivity contribution in [3.05, 3.63) is 78.9 Å². The van der Waals surface area contributed by atoms with Gasteiger partial charge in [0.2, 0.25) is 0 Å². The highest BCUT2D eigenvalue weighted by Crippen LogP contribution is 2.35. The van der Waals surface area contributed by atoms with Crippen LogP contribution in [0, 0.1) is 20.2 Å². The minimum Gasteiger partial charge on any atom is -0.458 e. The van der Waals surface area contributed by atoms with Crippen LogP contribution in [0.2, 0.25) is 0 Å². The van der Waals surface area contributed by atoms with E-state index >= 15 is 0 Å². The Morgan fingerprint density at radius 2 is 1.45 bits per heavy atom. The highest BCUT2D eigenvalue weighted by Gasteiger charge is 2.25. The molecule has 9 nitrogen and oxygen atoms in total. The molecule has 0 saturated heterocycles. The Balaban J connectivity index is 0.000000179. The zero-order chi connectivity index (χ0) is 22.5. The van der Waals surface area contributed by atoms with Crippen molar-refractivity contribution in [2.75, 3.05) is 0 Å². The van der Waals surface area contributed by atoms with Gasteiger partial charge in [-0.1, -0.05) is 12.1 Å². The van der Waals surface area contributed by atoms with Crippen LogP contribution in [0.15, 0.2) is 36.4 Å². The van der Waals surface area contributed by atoms with Gasteiger partial charge in [0.15, 0.2) is 0 Å². The number of carbonyl (C=O) groups is 1. The van der Waals surface area contributed by atoms with Crippen molar-refractivity contribution in [1.29, 1.82) is 0 Å². The summed E-state index contributed by atoms with van der Waals surface area (Å²) < 4.78 is 5.19. The maximum Gasteiger partial charge on any atom is 0.303 e. The van der Waals surface area contributed by atoms with E-state index in [1.165, 1.54) is 31.2 Å². The minimum absolute atomic E-state index is 0.0443. The smallest absolute Gasteiger partial charge is 0.303 e. The van der Waals surface area contributed by atoms with E-state index in [1.807, 2.05) is 0 Å². The summed E-state index contributed by atoms with van der Waals surface area (Å²) in [5, 5.41) is 30.9. The molecule has 2 aromatic rings. The molecule has 0 radical (unpaired) electrons. The van der Waals surface area contributed by atoms with E-state index in [1.54, 1.807) is 12.1 Å². The second kappa shape index (κ2) is 9.65. The molecule has 164 valence electrons. The molecular weight excluding hydrogens is 404 g/mol. The number of benzene rings is 2. The van der Waals surface area contributed by atoms with Crippen molar-refractivity contribution in [2.24, 2.45) is 0 Å². The summed E-state index contributed by atoms with van der Waals surface area (Å²) in [4.78, 5) is 31.4. The first-order valence-electron chi connectivity index (χ1n) is 10.2. The third kappa shape index (κ3) is 5.43. The summed E-state index contributed by atoms with van der Waals surface area (Å²) in [6.45, 7) is 1.35. The molecule has 2 aliphatic carbocycles. The molecule has 1 N–H and O–H groups in total. The number of non-ortho nitro benzene ring substituents is 2. The predicted molar refractivity (Wildman–Crippen MR) is 112 cm³/mol. The molecule has 0 bridgehead atoms. The molecule has 9 heteroatoms. The molecule has 0 saturated carbocycles. The number of carbonyl (C=O) groups excluding carboxylic acids is 1. The van der Waals surface area contributed by atoms with Gasteiger partial charge in [-0.05, 0) is 55.2 Å². The lowest BCUT2D eigenvalue weighted by molar-refractivity contribution is -0.385. The molecule has 2 aliphatic rings. The number of fused-ring (bicyclic) bond motifs is 2. The van der Waals surface area contributed by atoms with E-state index in [4.69, 9.17) is 4.74 Å². The van der Waals surface area contributed by atoms with Crippen LogP contribution in [0.3, 0.4) is 0 Å². The van der Waals surface area contributed by atoms with Crippen molar-refractivity contribution >= 4 is 17.3 Å². The molecule has 0 heterocycles. The quantitative estimate of drug-likeness (QED) is 0.432. The van der Waals surface area contributed by atoms with Gasteiger partial charge in [-0.2, -0.15) is 0 Å². The molecule has 2 unspecified atom stereocenters. The number of ether oxygens (including phenoxy) is 1. The fourth-order valence-electron chi connectivity index (χ4n) is 4.05. The molecule has 31 heavy (non-hydrogen) atoms. The molecule has 4 rings (SSSR count). The number of aliphatic hydroxyl groups is 1. The van der Waals surface area contributed by atoms with Gasteiger partial charge in [-0.25, -0.2) is 0 Å². The molecule has 2 aromatic carbocycles. The minimum atomic E-state index is -0.529. The van der Waals surface area contributed by atoms with Crippen LogP contribution in [0.1, 0.15) is 67.1 Å². The highest BCUT2D eigenvalue weighted by atomic mass is 16.6. The zero-order valence-corrected chi connectivity index (χ0v) is 17.2. The Hall–Kier alpha value is -3.33. The van der Waals surface area contributed by atoms with Gasteiger partial charge in [-0.15, -0.1) is 0 Å². The first-order valence-corrected chi connectivity index (χ1v) is 10.2. The van der Waals surface area contributed by atoms with Crippen molar-refractivity contribution in [1.82, 2.24) is 0 Å². The lowest BCUT2D eigenvalue weighted by Gasteiger charge is -2.24. The van der Waals surface area contributed by atoms with Crippen LogP contribution in [0.5, 0.6) is 0 Å². The molecular formula is C22H24N2O7. The number of hydrogen-bond donors (Lipinski definition) is 1. The van der Waals surface area contributed by atoms with Crippen LogP contribution >= 0.6 is 0 Å². The maximum atomic E-state index is 11.0. The van der Waals surface area contributed by atoms with Gasteiger partial charge < -0.3 is 9.84 Å². The number of nitro benzene ring substituents is 2. The van der Waals surface area contributed by atoms with Gasteiger partial charge in [-0.3, -0.25) is 25.0 Å². The monoisotopic (exact) mass is 428 g/mol. The second-order valence-electron chi connectivity index (χ2n) is 7.68. The summed E-state index contributed by atoms with van der Waals surface area (Å²) in [7, 11) is 0. The van der Waals surface area contributed by atoms with Gasteiger partial charge in [0.05, 0.1) is 16.0 Å². The van der Waals surface area contributed by atoms with E-state index in [-0.39, 0.29) is 23.4 Å². The molecule has 0 amide bonds. The van der Waals surface area contributed by atoms with Crippen LogP contribution in [-0.2, 0) is 22.4 Å². The Morgan fingerprint density at radius 1 is 0.935 bits per heavy atom. The lowest BCUT2D eigenvalue weighted by atomic mass is 9.89. The third-order valence-corrected chi connectivity index (χ3v) is 5.53. The standard InChI is InChI=1S/C12H13NO4.C10H11NO3/c1-8(14)17-12-4-2-3-9-5-6-10(13(15)16)7-11(9)12;12-10-3-1-2-7-4-5-8(11(13)14)6-9(7)10/h5-7,12H,2-4H2,1H3;4-6,10,12H,1-3H2. The van der Waals surface area contributed by atoms with Crippen LogP contribution in [0.25, 0.3) is 0 Å². The number of aliphatic hydroxyl groups excluding tert-OH is 1. The lowest BCUT2D eigenvalue weighted by Crippen LogP contribution is -2.15. The molecule has 0 aromatic heterocycles. The average Bonchev–Trinajstić information content (AvgIpc) is 2.74. The van der Waals surface area contributed by atoms with E-state index in [2.05, 4.69) is 0 Å². The summed E-state index contributed by atoms with van der Waals surface area (Å²) in [5.74, 6) is -0.352. The normalized spacial score (nSPS) is 19.2. The fourth-order valence-corrected chi connectivity index (χ4v) is 4.05. The third-order valence-electron chi connectivity index (χ3n) is 5.53. The number of hydrogen-bond acceptors (Lipinski definition) is 7. The van der Waals surface area contributed by atoms with E-state index in [0.717, 1.165) is 54.4 Å². The predicted octanol–water partition coefficient (Wildman–Crippen LogP) is 4.50. The topological polar surface area (TPSA) is 133 Å². The number of nitro groups is 2. The molecule has 0 fully saturated rings. The van der Waals surface area contributed by atoms with Crippen LogP contribution in [0.4, 0.5) is 11.4 Å². The number of esters is 1. The number of rotatable bonds is 3. The maximum absolute atomic E-state index is 11.0. The highest BCUT2D eigenvalue weighted by molar-refractivity contribution is 5.66. The van der Waals surface area contributed by atoms with Crippen molar-refractivity contribution < 1.29 is 24.5 Å². The number of aryl methyl sites for hydroxylation is 2. The first-order chi connectivity index (χ1) is 14.8. The van der Waals surface area contributed by atoms with Crippen molar-refractivity contribution in [3.63, 3.8) is 0 Å². The van der Waals surface area contributed by atoms with Crippen molar-refractivity contribution in [2.45, 2.75) is 57.7 Å². The summed E-state index contributed by atoms with van der Waals surface area (Å²) in [6.07, 6.45) is 4.24. The van der Waals surface area contributed by atoms with Crippen molar-refractivity contribution in [3.8, 4) is 0 Å². The van der Waals surface area contributed by atoms with Gasteiger partial charge in [0.1, 0.15) is 6.10 Å². The molecule has 0 aliphatic heterocycles. The Kier molecular flexibility index (Phi) is 6.96. The average molecular weight is 428 g/mol. The zero-order valence-electron chi connectivity index (χ0n) is 17.2. The fraction of sp³-hybridized carbons (Fsp3) is 0.409. The number of nitrogens with zero attached hydrogens (tertiary/aromatic N) is 2. The first kappa shape index (κ1) is 22.4. The van der Waals surface area contributed by atoms with E-state index in [9.17, 15) is 30.1 Å². The Labute approximate surface area is 179 Å². The summed E-state index contributed by atoms with van der Waals surface area (Å²) in [6, 6.07) is 9.49. The summed E-state index contributed by atoms with van der Waals surface area (Å²) >= 11 is 0. The SMILES string of the molecule is CC(=O)OC1CCCc2ccc([N+](=O)[O-])cc21.O=[N+]([O-])c1ccc2c(c1)C(O)CCC2. The van der Waals surface area contributed by atoms with E-state index in [0.29, 0.717) is 6.42 Å².